The third-order valence-electron chi connectivity index (χ3n) is 5.31. The van der Waals surface area contributed by atoms with Crippen molar-refractivity contribution in [3.8, 4) is 0 Å². The maximum absolute atomic E-state index is 8.25. The maximum Gasteiger partial charge on any atom is 0.141 e. The molecule has 0 unspecified atom stereocenters. The van der Waals surface area contributed by atoms with Gasteiger partial charge in [-0.3, -0.25) is 9.97 Å². The first-order valence-electron chi connectivity index (χ1n) is 9.76. The number of nitrogens with zero attached hydrogens (tertiary/aromatic N) is 2. The Morgan fingerprint density at radius 3 is 3.04 bits per heavy atom. The Labute approximate surface area is 143 Å². The van der Waals surface area contributed by atoms with Crippen LogP contribution in [-0.2, 0) is 0 Å². The van der Waals surface area contributed by atoms with Gasteiger partial charge in [0.15, 0.2) is 0 Å². The molecule has 5 rings (SSSR count). The largest absolute Gasteiger partial charge is 0.455 e. The zero-order chi connectivity index (χ0) is 17.7. The van der Waals surface area contributed by atoms with Crippen LogP contribution in [0.4, 0.5) is 0 Å². The molecule has 0 bridgehead atoms. The molecular weight excluding hydrogens is 296 g/mol. The predicted octanol–water partition coefficient (Wildman–Crippen LogP) is 3.65. The van der Waals surface area contributed by atoms with Gasteiger partial charge < -0.3 is 4.42 Å². The maximum atomic E-state index is 8.25. The molecule has 0 N–H and O–H groups in total. The van der Waals surface area contributed by atoms with E-state index in [0.29, 0.717) is 11.6 Å². The van der Waals surface area contributed by atoms with Crippen molar-refractivity contribution < 1.29 is 7.16 Å². The van der Waals surface area contributed by atoms with Crippen molar-refractivity contribution in [3.63, 3.8) is 0 Å². The van der Waals surface area contributed by atoms with E-state index in [1.165, 1.54) is 31.2 Å². The van der Waals surface area contributed by atoms with Gasteiger partial charge in [0.1, 0.15) is 11.0 Å². The summed E-state index contributed by atoms with van der Waals surface area (Å²) >= 11 is 0. The molecule has 3 aromatic heterocycles. The van der Waals surface area contributed by atoms with Gasteiger partial charge in [0.25, 0.3) is 0 Å². The van der Waals surface area contributed by atoms with Crippen LogP contribution in [0.2, 0.25) is 0 Å². The van der Waals surface area contributed by atoms with Crippen LogP contribution in [0, 0.1) is 0 Å². The first-order valence-corrected chi connectivity index (χ1v) is 8.76. The first kappa shape index (κ1) is 12.0. The van der Waals surface area contributed by atoms with Crippen LogP contribution in [0.15, 0.2) is 41.2 Å². The molecule has 0 spiro atoms. The number of aromatic nitrogens is 2. The van der Waals surface area contributed by atoms with Gasteiger partial charge in [-0.2, -0.15) is 0 Å². The summed E-state index contributed by atoms with van der Waals surface area (Å²) in [6.45, 7) is 0. The van der Waals surface area contributed by atoms with E-state index >= 15 is 0 Å². The number of furan rings is 1. The Hall–Kier alpha value is -2.42. The molecule has 0 aliphatic heterocycles. The molecule has 2 aliphatic rings. The molecule has 1 fully saturated rings. The Balaban J connectivity index is 1.83. The zero-order valence-electron chi connectivity index (χ0n) is 15.5. The first-order chi connectivity index (χ1) is 12.7. The molecule has 3 aromatic rings. The molecule has 2 aliphatic carbocycles. The van der Waals surface area contributed by atoms with Gasteiger partial charge in [-0.05, 0) is 43.7 Å². The fourth-order valence-corrected chi connectivity index (χ4v) is 4.15. The Morgan fingerprint density at radius 1 is 1.21 bits per heavy atom. The highest BCUT2D eigenvalue weighted by atomic mass is 16.3. The second-order valence-corrected chi connectivity index (χ2v) is 6.72. The van der Waals surface area contributed by atoms with E-state index in [9.17, 15) is 0 Å². The lowest BCUT2D eigenvalue weighted by molar-refractivity contribution is 0.557. The SMILES string of the molecule is [2H]c1ccnc(C2=c3oc4c(C5CCCC5)cncc4c3=CCC2)c1[2H]. The standard InChI is InChI=1S/C21H20N2O/c1-2-7-14(6-1)17-12-22-13-18-15-8-5-9-16(20(15)24-21(17)18)19-10-3-4-11-23-19/h3-4,8,10-14H,1-2,5-7,9H2/i3D,10D. The molecular formula is C21H20N2O. The van der Waals surface area contributed by atoms with Crippen LogP contribution in [-0.4, -0.2) is 9.97 Å². The zero-order valence-corrected chi connectivity index (χ0v) is 13.5. The minimum atomic E-state index is 0.171. The number of rotatable bonds is 2. The quantitative estimate of drug-likeness (QED) is 0.724. The Morgan fingerprint density at radius 2 is 2.12 bits per heavy atom. The third kappa shape index (κ3) is 2.11. The molecule has 0 atom stereocenters. The Kier molecular flexibility index (Phi) is 2.80. The van der Waals surface area contributed by atoms with Gasteiger partial charge in [-0.1, -0.05) is 25.0 Å². The van der Waals surface area contributed by atoms with Gasteiger partial charge in [0.2, 0.25) is 0 Å². The van der Waals surface area contributed by atoms with E-state index in [1.807, 2.05) is 12.4 Å². The minimum absolute atomic E-state index is 0.171. The summed E-state index contributed by atoms with van der Waals surface area (Å²) in [5, 5.41) is 2.14. The average molecular weight is 318 g/mol. The normalized spacial score (nSPS) is 19.1. The molecule has 0 radical (unpaired) electrons. The van der Waals surface area contributed by atoms with Crippen LogP contribution in [0.25, 0.3) is 22.6 Å². The highest BCUT2D eigenvalue weighted by Gasteiger charge is 2.23. The number of hydrogen-bond acceptors (Lipinski definition) is 3. The van der Waals surface area contributed by atoms with Crippen LogP contribution in [0.1, 0.15) is 58.4 Å². The van der Waals surface area contributed by atoms with E-state index in [4.69, 9.17) is 7.16 Å². The molecule has 1 saturated carbocycles. The molecule has 3 heteroatoms. The van der Waals surface area contributed by atoms with E-state index in [1.54, 1.807) is 12.3 Å². The highest BCUT2D eigenvalue weighted by molar-refractivity contribution is 5.83. The van der Waals surface area contributed by atoms with E-state index in [0.717, 1.165) is 40.0 Å². The second-order valence-electron chi connectivity index (χ2n) is 6.72. The average Bonchev–Trinajstić information content (AvgIpc) is 3.31. The van der Waals surface area contributed by atoms with Crippen molar-refractivity contribution in [2.24, 2.45) is 0 Å². The van der Waals surface area contributed by atoms with Crippen LogP contribution >= 0.6 is 0 Å². The monoisotopic (exact) mass is 318 g/mol. The summed E-state index contributed by atoms with van der Waals surface area (Å²) in [6.07, 6.45) is 14.3. The lowest BCUT2D eigenvalue weighted by Crippen LogP contribution is -2.26. The fourth-order valence-electron chi connectivity index (χ4n) is 4.15. The van der Waals surface area contributed by atoms with Crippen molar-refractivity contribution in [1.29, 1.82) is 0 Å². The Bertz CT molecular complexity index is 1130. The highest BCUT2D eigenvalue weighted by Crippen LogP contribution is 2.36. The number of hydrogen-bond donors (Lipinski definition) is 0. The van der Waals surface area contributed by atoms with Crippen molar-refractivity contribution in [1.82, 2.24) is 9.97 Å². The van der Waals surface area contributed by atoms with Crippen LogP contribution in [0.5, 0.6) is 0 Å². The number of fused-ring (bicyclic) bond motifs is 3. The summed E-state index contributed by atoms with van der Waals surface area (Å²) in [6, 6.07) is 1.93. The smallest absolute Gasteiger partial charge is 0.141 e. The molecule has 0 aromatic carbocycles. The summed E-state index contributed by atoms with van der Waals surface area (Å²) < 4.78 is 22.6. The lowest BCUT2D eigenvalue weighted by atomic mass is 9.97. The number of pyridine rings is 2. The van der Waals surface area contributed by atoms with E-state index < -0.39 is 0 Å². The molecule has 0 amide bonds. The molecule has 24 heavy (non-hydrogen) atoms. The van der Waals surface area contributed by atoms with Crippen LogP contribution in [0.3, 0.4) is 0 Å². The lowest BCUT2D eigenvalue weighted by Gasteiger charge is -2.08. The van der Waals surface area contributed by atoms with E-state index in [-0.39, 0.29) is 12.1 Å². The topological polar surface area (TPSA) is 38.9 Å². The molecule has 3 heterocycles. The van der Waals surface area contributed by atoms with Crippen molar-refractivity contribution in [2.75, 3.05) is 0 Å². The van der Waals surface area contributed by atoms with Gasteiger partial charge in [0, 0.05) is 40.3 Å². The summed E-state index contributed by atoms with van der Waals surface area (Å²) in [7, 11) is 0. The third-order valence-corrected chi connectivity index (χ3v) is 5.31. The van der Waals surface area contributed by atoms with Gasteiger partial charge >= 0.3 is 0 Å². The van der Waals surface area contributed by atoms with E-state index in [2.05, 4.69) is 16.0 Å². The molecule has 120 valence electrons. The molecule has 0 saturated heterocycles. The van der Waals surface area contributed by atoms with Crippen molar-refractivity contribution in [2.45, 2.75) is 44.4 Å². The molecule has 3 nitrogen and oxygen atoms in total. The summed E-state index contributed by atoms with van der Waals surface area (Å²) in [5.74, 6) is 0.531. The predicted molar refractivity (Wildman–Crippen MR) is 94.9 cm³/mol. The summed E-state index contributed by atoms with van der Waals surface area (Å²) in [5.41, 5.74) is 4.48. The fraction of sp³-hybridized carbons (Fsp3) is 0.333. The summed E-state index contributed by atoms with van der Waals surface area (Å²) in [4.78, 5) is 8.89. The van der Waals surface area contributed by atoms with Gasteiger partial charge in [-0.25, -0.2) is 0 Å². The minimum Gasteiger partial charge on any atom is -0.455 e. The van der Waals surface area contributed by atoms with Gasteiger partial charge in [-0.15, -0.1) is 0 Å². The van der Waals surface area contributed by atoms with Crippen LogP contribution < -0.4 is 10.6 Å². The van der Waals surface area contributed by atoms with Crippen molar-refractivity contribution >= 4 is 22.6 Å². The van der Waals surface area contributed by atoms with Gasteiger partial charge in [0.05, 0.1) is 8.44 Å². The van der Waals surface area contributed by atoms with Crippen molar-refractivity contribution in [3.05, 3.63) is 58.6 Å². The second kappa shape index (κ2) is 5.59.